The number of anilines is 1. The number of rotatable bonds is 6. The van der Waals surface area contributed by atoms with Crippen molar-refractivity contribution in [1.29, 1.82) is 0 Å². The number of hydrogen-bond acceptors (Lipinski definition) is 3. The Kier molecular flexibility index (Phi) is 5.42. The van der Waals surface area contributed by atoms with Crippen LogP contribution in [-0.4, -0.2) is 25.9 Å². The van der Waals surface area contributed by atoms with Crippen LogP contribution < -0.4 is 4.72 Å². The highest BCUT2D eigenvalue weighted by Gasteiger charge is 2.11. The second kappa shape index (κ2) is 6.37. The maximum Gasteiger partial charge on any atom is 0.232 e. The Bertz CT molecular complexity index is 474. The molecule has 0 aliphatic rings. The first-order chi connectivity index (χ1) is 7.94. The van der Waals surface area contributed by atoms with Gasteiger partial charge in [0, 0.05) is 11.1 Å². The first kappa shape index (κ1) is 14.5. The monoisotopic (exact) mass is 321 g/mol. The molecule has 2 N–H and O–H groups in total. The standard InChI is InChI=1S/C11H16BrNO3S/c1-9-4-5-10(12)11(8-9)13-17(15,16)7-3-2-6-14/h4-5,8,13-14H,2-3,6-7H2,1H3. The van der Waals surface area contributed by atoms with Gasteiger partial charge in [-0.25, -0.2) is 8.42 Å². The molecule has 0 amide bonds. The Morgan fingerprint density at radius 2 is 2.06 bits per heavy atom. The van der Waals surface area contributed by atoms with Crippen LogP contribution in [0.1, 0.15) is 18.4 Å². The molecule has 1 aromatic carbocycles. The van der Waals surface area contributed by atoms with E-state index in [-0.39, 0.29) is 12.4 Å². The lowest BCUT2D eigenvalue weighted by molar-refractivity contribution is 0.287. The lowest BCUT2D eigenvalue weighted by Crippen LogP contribution is -2.17. The molecule has 0 saturated heterocycles. The number of aliphatic hydroxyl groups excluding tert-OH is 1. The van der Waals surface area contributed by atoms with Crippen LogP contribution in [-0.2, 0) is 10.0 Å². The van der Waals surface area contributed by atoms with Crippen LogP contribution in [0.3, 0.4) is 0 Å². The van der Waals surface area contributed by atoms with E-state index in [1.165, 1.54) is 0 Å². The van der Waals surface area contributed by atoms with E-state index in [1.807, 2.05) is 13.0 Å². The van der Waals surface area contributed by atoms with Gasteiger partial charge in [-0.05, 0) is 53.4 Å². The van der Waals surface area contributed by atoms with Gasteiger partial charge in [0.1, 0.15) is 0 Å². The van der Waals surface area contributed by atoms with Crippen LogP contribution in [0.2, 0.25) is 0 Å². The SMILES string of the molecule is Cc1ccc(Br)c(NS(=O)(=O)CCCCO)c1. The molecule has 0 aliphatic heterocycles. The number of sulfonamides is 1. The summed E-state index contributed by atoms with van der Waals surface area (Å²) in [5, 5.41) is 8.61. The van der Waals surface area contributed by atoms with E-state index < -0.39 is 10.0 Å². The number of aliphatic hydroxyl groups is 1. The molecule has 1 rings (SSSR count). The zero-order chi connectivity index (χ0) is 12.9. The van der Waals surface area contributed by atoms with Crippen LogP contribution in [0.4, 0.5) is 5.69 Å². The van der Waals surface area contributed by atoms with Gasteiger partial charge in [0.15, 0.2) is 0 Å². The molecule has 4 nitrogen and oxygen atoms in total. The molecule has 1 aromatic rings. The quantitative estimate of drug-likeness (QED) is 0.790. The lowest BCUT2D eigenvalue weighted by atomic mass is 10.2. The van der Waals surface area contributed by atoms with Crippen molar-refractivity contribution < 1.29 is 13.5 Å². The van der Waals surface area contributed by atoms with Crippen molar-refractivity contribution in [3.05, 3.63) is 28.2 Å². The van der Waals surface area contributed by atoms with Crippen LogP contribution >= 0.6 is 15.9 Å². The fourth-order valence-electron chi connectivity index (χ4n) is 1.34. The van der Waals surface area contributed by atoms with Gasteiger partial charge in [0.05, 0.1) is 11.4 Å². The van der Waals surface area contributed by atoms with E-state index in [9.17, 15) is 8.42 Å². The predicted octanol–water partition coefficient (Wildman–Crippen LogP) is 2.27. The van der Waals surface area contributed by atoms with E-state index in [0.717, 1.165) is 5.56 Å². The van der Waals surface area contributed by atoms with Crippen LogP contribution in [0.5, 0.6) is 0 Å². The van der Waals surface area contributed by atoms with Gasteiger partial charge >= 0.3 is 0 Å². The first-order valence-electron chi connectivity index (χ1n) is 5.32. The highest BCUT2D eigenvalue weighted by atomic mass is 79.9. The molecule has 17 heavy (non-hydrogen) atoms. The molecule has 0 heterocycles. The molecular formula is C11H16BrNO3S. The topological polar surface area (TPSA) is 66.4 Å². The average Bonchev–Trinajstić information content (AvgIpc) is 2.23. The Balaban J connectivity index is 2.72. The second-order valence-corrected chi connectivity index (χ2v) is 6.53. The van der Waals surface area contributed by atoms with Crippen molar-refractivity contribution in [1.82, 2.24) is 0 Å². The highest BCUT2D eigenvalue weighted by Crippen LogP contribution is 2.24. The average molecular weight is 322 g/mol. The number of aryl methyl sites for hydroxylation is 1. The Morgan fingerprint density at radius 3 is 2.71 bits per heavy atom. The van der Waals surface area contributed by atoms with Crippen molar-refractivity contribution in [2.75, 3.05) is 17.1 Å². The summed E-state index contributed by atoms with van der Waals surface area (Å²) in [5.41, 5.74) is 1.54. The molecule has 96 valence electrons. The van der Waals surface area contributed by atoms with Crippen molar-refractivity contribution in [3.63, 3.8) is 0 Å². The van der Waals surface area contributed by atoms with Gasteiger partial charge in [-0.3, -0.25) is 4.72 Å². The van der Waals surface area contributed by atoms with Gasteiger partial charge in [-0.15, -0.1) is 0 Å². The summed E-state index contributed by atoms with van der Waals surface area (Å²) in [6.45, 7) is 1.92. The van der Waals surface area contributed by atoms with Crippen molar-refractivity contribution in [2.45, 2.75) is 19.8 Å². The van der Waals surface area contributed by atoms with Gasteiger partial charge < -0.3 is 5.11 Å². The second-order valence-electron chi connectivity index (χ2n) is 3.83. The number of nitrogens with one attached hydrogen (secondary N) is 1. The smallest absolute Gasteiger partial charge is 0.232 e. The number of unbranched alkanes of at least 4 members (excludes halogenated alkanes) is 1. The van der Waals surface area contributed by atoms with Crippen molar-refractivity contribution >= 4 is 31.6 Å². The van der Waals surface area contributed by atoms with Gasteiger partial charge in [0.2, 0.25) is 10.0 Å². The molecule has 0 aromatic heterocycles. The summed E-state index contributed by atoms with van der Waals surface area (Å²) in [5.74, 6) is 0.0218. The minimum absolute atomic E-state index is 0.0175. The number of benzene rings is 1. The molecule has 0 bridgehead atoms. The van der Waals surface area contributed by atoms with E-state index in [4.69, 9.17) is 5.11 Å². The van der Waals surface area contributed by atoms with Gasteiger partial charge in [-0.1, -0.05) is 6.07 Å². The van der Waals surface area contributed by atoms with E-state index in [2.05, 4.69) is 20.7 Å². The van der Waals surface area contributed by atoms with Crippen molar-refractivity contribution in [2.24, 2.45) is 0 Å². The predicted molar refractivity (Wildman–Crippen MR) is 72.6 cm³/mol. The summed E-state index contributed by atoms with van der Waals surface area (Å²) in [6, 6.07) is 5.47. The maximum absolute atomic E-state index is 11.7. The summed E-state index contributed by atoms with van der Waals surface area (Å²) in [7, 11) is -3.34. The van der Waals surface area contributed by atoms with Crippen molar-refractivity contribution in [3.8, 4) is 0 Å². The summed E-state index contributed by atoms with van der Waals surface area (Å²) < 4.78 is 26.7. The third-order valence-electron chi connectivity index (χ3n) is 2.21. The fourth-order valence-corrected chi connectivity index (χ4v) is 3.01. The Hall–Kier alpha value is -0.590. The van der Waals surface area contributed by atoms with Crippen LogP contribution in [0, 0.1) is 6.92 Å². The summed E-state index contributed by atoms with van der Waals surface area (Å²) in [6.07, 6.45) is 0.950. The molecule has 0 unspecified atom stereocenters. The fraction of sp³-hybridized carbons (Fsp3) is 0.455. The first-order valence-corrected chi connectivity index (χ1v) is 7.76. The third kappa shape index (κ3) is 5.06. The molecule has 0 spiro atoms. The maximum atomic E-state index is 11.7. The molecule has 0 saturated carbocycles. The number of halogens is 1. The van der Waals surface area contributed by atoms with Gasteiger partial charge in [-0.2, -0.15) is 0 Å². The molecule has 0 aliphatic carbocycles. The summed E-state index contributed by atoms with van der Waals surface area (Å²) >= 11 is 3.30. The van der Waals surface area contributed by atoms with E-state index >= 15 is 0 Å². The number of hydrogen-bond donors (Lipinski definition) is 2. The largest absolute Gasteiger partial charge is 0.396 e. The molecule has 6 heteroatoms. The molecular weight excluding hydrogens is 306 g/mol. The molecule has 0 fully saturated rings. The molecule has 0 radical (unpaired) electrons. The zero-order valence-electron chi connectivity index (χ0n) is 9.61. The highest BCUT2D eigenvalue weighted by molar-refractivity contribution is 9.10. The normalized spacial score (nSPS) is 11.5. The van der Waals surface area contributed by atoms with Gasteiger partial charge in [0.25, 0.3) is 0 Å². The summed E-state index contributed by atoms with van der Waals surface area (Å²) in [4.78, 5) is 0. The van der Waals surface area contributed by atoms with Crippen LogP contribution in [0.15, 0.2) is 22.7 Å². The molecule has 0 atom stereocenters. The minimum atomic E-state index is -3.34. The third-order valence-corrected chi connectivity index (χ3v) is 4.26. The Morgan fingerprint density at radius 1 is 1.35 bits per heavy atom. The minimum Gasteiger partial charge on any atom is -0.396 e. The lowest BCUT2D eigenvalue weighted by Gasteiger charge is -2.10. The Labute approximate surface area is 110 Å². The van der Waals surface area contributed by atoms with E-state index in [1.54, 1.807) is 12.1 Å². The van der Waals surface area contributed by atoms with E-state index in [0.29, 0.717) is 23.0 Å². The van der Waals surface area contributed by atoms with Crippen LogP contribution in [0.25, 0.3) is 0 Å². The zero-order valence-corrected chi connectivity index (χ0v) is 12.0.